The Morgan fingerprint density at radius 3 is 2.41 bits per heavy atom. The largest absolute Gasteiger partial charge is 0.392 e. The van der Waals surface area contributed by atoms with Crippen LogP contribution in [0.25, 0.3) is 0 Å². The summed E-state index contributed by atoms with van der Waals surface area (Å²) in [7, 11) is 0. The van der Waals surface area contributed by atoms with Crippen molar-refractivity contribution in [2.24, 2.45) is 11.3 Å². The molecule has 0 aromatic carbocycles. The topological polar surface area (TPSA) is 29.5 Å². The van der Waals surface area contributed by atoms with Crippen molar-refractivity contribution < 1.29 is 9.84 Å². The van der Waals surface area contributed by atoms with Gasteiger partial charge in [0.15, 0.2) is 0 Å². The van der Waals surface area contributed by atoms with Crippen molar-refractivity contribution in [1.29, 1.82) is 0 Å². The highest BCUT2D eigenvalue weighted by molar-refractivity contribution is 4.93. The van der Waals surface area contributed by atoms with Crippen molar-refractivity contribution in [3.63, 3.8) is 0 Å². The Balaban J connectivity index is 2.01. The minimum atomic E-state index is -0.190. The molecular weight excluding hydrogens is 212 g/mol. The zero-order valence-corrected chi connectivity index (χ0v) is 11.7. The average Bonchev–Trinajstić information content (AvgIpc) is 2.28. The summed E-state index contributed by atoms with van der Waals surface area (Å²) >= 11 is 0. The van der Waals surface area contributed by atoms with Crippen molar-refractivity contribution in [2.45, 2.75) is 77.4 Å². The van der Waals surface area contributed by atoms with E-state index in [2.05, 4.69) is 20.8 Å². The molecule has 1 saturated carbocycles. The smallest absolute Gasteiger partial charge is 0.0686 e. The van der Waals surface area contributed by atoms with E-state index in [1.807, 2.05) is 0 Å². The predicted molar refractivity (Wildman–Crippen MR) is 70.0 cm³/mol. The molecule has 0 aromatic rings. The molecule has 1 spiro atoms. The quantitative estimate of drug-likeness (QED) is 0.760. The first kappa shape index (κ1) is 13.4. The SMILES string of the molecule is CC(C)(C)C(O)C1CCOC2(CCCCC2)C1. The summed E-state index contributed by atoms with van der Waals surface area (Å²) in [4.78, 5) is 0. The van der Waals surface area contributed by atoms with Gasteiger partial charge < -0.3 is 9.84 Å². The van der Waals surface area contributed by atoms with E-state index in [0.717, 1.165) is 19.4 Å². The molecule has 0 aromatic heterocycles. The van der Waals surface area contributed by atoms with Gasteiger partial charge in [-0.15, -0.1) is 0 Å². The molecule has 2 rings (SSSR count). The molecule has 2 atom stereocenters. The molecule has 0 radical (unpaired) electrons. The minimum Gasteiger partial charge on any atom is -0.392 e. The Kier molecular flexibility index (Phi) is 3.84. The first-order chi connectivity index (χ1) is 7.93. The van der Waals surface area contributed by atoms with Gasteiger partial charge in [-0.2, -0.15) is 0 Å². The second-order valence-corrected chi connectivity index (χ2v) is 7.16. The van der Waals surface area contributed by atoms with E-state index >= 15 is 0 Å². The van der Waals surface area contributed by atoms with Gasteiger partial charge in [0.1, 0.15) is 0 Å². The molecule has 1 saturated heterocycles. The monoisotopic (exact) mass is 240 g/mol. The normalized spacial score (nSPS) is 31.4. The molecule has 100 valence electrons. The number of hydrogen-bond acceptors (Lipinski definition) is 2. The lowest BCUT2D eigenvalue weighted by Gasteiger charge is -2.46. The maximum absolute atomic E-state index is 10.5. The Morgan fingerprint density at radius 1 is 1.18 bits per heavy atom. The fourth-order valence-corrected chi connectivity index (χ4v) is 3.59. The van der Waals surface area contributed by atoms with Crippen LogP contribution >= 0.6 is 0 Å². The molecule has 17 heavy (non-hydrogen) atoms. The summed E-state index contributed by atoms with van der Waals surface area (Å²) in [5.41, 5.74) is 0.116. The predicted octanol–water partition coefficient (Wildman–Crippen LogP) is 3.52. The number of ether oxygens (including phenoxy) is 1. The molecule has 2 aliphatic rings. The molecule has 1 N–H and O–H groups in total. The minimum absolute atomic E-state index is 0.00212. The van der Waals surface area contributed by atoms with E-state index in [9.17, 15) is 5.11 Å². The summed E-state index contributed by atoms with van der Waals surface area (Å²) in [5, 5.41) is 10.5. The lowest BCUT2D eigenvalue weighted by Crippen LogP contribution is -2.47. The fraction of sp³-hybridized carbons (Fsp3) is 1.00. The summed E-state index contributed by atoms with van der Waals surface area (Å²) < 4.78 is 6.09. The highest BCUT2D eigenvalue weighted by atomic mass is 16.5. The average molecular weight is 240 g/mol. The third kappa shape index (κ3) is 3.03. The lowest BCUT2D eigenvalue weighted by molar-refractivity contribution is -0.144. The Morgan fingerprint density at radius 2 is 1.82 bits per heavy atom. The molecule has 2 nitrogen and oxygen atoms in total. The molecular formula is C15H28O2. The van der Waals surface area contributed by atoms with Gasteiger partial charge in [-0.3, -0.25) is 0 Å². The highest BCUT2D eigenvalue weighted by Gasteiger charge is 2.42. The summed E-state index contributed by atoms with van der Waals surface area (Å²) in [5.74, 6) is 0.432. The van der Waals surface area contributed by atoms with Crippen LogP contribution in [0.5, 0.6) is 0 Å². The standard InChI is InChI=1S/C15H28O2/c1-14(2,3)13(16)12-7-10-17-15(11-12)8-5-4-6-9-15/h12-13,16H,4-11H2,1-3H3. The summed E-state index contributed by atoms with van der Waals surface area (Å²) in [6.07, 6.45) is 8.30. The van der Waals surface area contributed by atoms with Crippen LogP contribution in [0.15, 0.2) is 0 Å². The Labute approximate surface area is 106 Å². The Hall–Kier alpha value is -0.0800. The fourth-order valence-electron chi connectivity index (χ4n) is 3.59. The van der Waals surface area contributed by atoms with E-state index < -0.39 is 0 Å². The molecule has 1 heterocycles. The molecule has 1 aliphatic carbocycles. The number of hydrogen-bond donors (Lipinski definition) is 1. The summed E-state index contributed by atoms with van der Waals surface area (Å²) in [6.45, 7) is 7.26. The van der Waals surface area contributed by atoms with Gasteiger partial charge in [-0.05, 0) is 37.0 Å². The maximum atomic E-state index is 10.5. The van der Waals surface area contributed by atoms with Crippen LogP contribution in [0.4, 0.5) is 0 Å². The van der Waals surface area contributed by atoms with E-state index in [1.165, 1.54) is 32.1 Å². The molecule has 0 amide bonds. The second kappa shape index (κ2) is 4.89. The molecule has 1 aliphatic heterocycles. The highest BCUT2D eigenvalue weighted by Crippen LogP contribution is 2.43. The van der Waals surface area contributed by atoms with Crippen LogP contribution in [-0.4, -0.2) is 23.4 Å². The van der Waals surface area contributed by atoms with Crippen LogP contribution in [0.1, 0.15) is 65.7 Å². The molecule has 2 heteroatoms. The second-order valence-electron chi connectivity index (χ2n) is 7.16. The van der Waals surface area contributed by atoms with Crippen molar-refractivity contribution in [2.75, 3.05) is 6.61 Å². The van der Waals surface area contributed by atoms with E-state index in [1.54, 1.807) is 0 Å². The van der Waals surface area contributed by atoms with Crippen LogP contribution in [0.3, 0.4) is 0 Å². The van der Waals surface area contributed by atoms with Gasteiger partial charge in [0, 0.05) is 6.61 Å². The summed E-state index contributed by atoms with van der Waals surface area (Å²) in [6, 6.07) is 0. The van der Waals surface area contributed by atoms with Crippen LogP contribution in [0.2, 0.25) is 0 Å². The van der Waals surface area contributed by atoms with Crippen molar-refractivity contribution in [1.82, 2.24) is 0 Å². The van der Waals surface area contributed by atoms with Gasteiger partial charge in [0.2, 0.25) is 0 Å². The van der Waals surface area contributed by atoms with Crippen molar-refractivity contribution >= 4 is 0 Å². The van der Waals surface area contributed by atoms with Crippen LogP contribution in [0, 0.1) is 11.3 Å². The lowest BCUT2D eigenvalue weighted by atomic mass is 9.70. The first-order valence-electron chi connectivity index (χ1n) is 7.25. The van der Waals surface area contributed by atoms with E-state index in [4.69, 9.17) is 4.74 Å². The zero-order chi connectivity index (χ0) is 12.5. The third-order valence-electron chi connectivity index (χ3n) is 4.63. The van der Waals surface area contributed by atoms with E-state index in [-0.39, 0.29) is 17.1 Å². The van der Waals surface area contributed by atoms with Gasteiger partial charge in [0.25, 0.3) is 0 Å². The molecule has 2 unspecified atom stereocenters. The van der Waals surface area contributed by atoms with Crippen molar-refractivity contribution in [3.8, 4) is 0 Å². The molecule has 0 bridgehead atoms. The number of rotatable bonds is 1. The van der Waals surface area contributed by atoms with Crippen LogP contribution < -0.4 is 0 Å². The van der Waals surface area contributed by atoms with E-state index in [0.29, 0.717) is 5.92 Å². The van der Waals surface area contributed by atoms with Gasteiger partial charge in [-0.1, -0.05) is 40.0 Å². The number of aliphatic hydroxyl groups excluding tert-OH is 1. The van der Waals surface area contributed by atoms with Gasteiger partial charge in [-0.25, -0.2) is 0 Å². The van der Waals surface area contributed by atoms with Crippen LogP contribution in [-0.2, 0) is 4.74 Å². The van der Waals surface area contributed by atoms with Crippen molar-refractivity contribution in [3.05, 3.63) is 0 Å². The first-order valence-corrected chi connectivity index (χ1v) is 7.25. The van der Waals surface area contributed by atoms with Gasteiger partial charge in [0.05, 0.1) is 11.7 Å². The maximum Gasteiger partial charge on any atom is 0.0686 e. The molecule has 2 fully saturated rings. The third-order valence-corrected chi connectivity index (χ3v) is 4.63. The zero-order valence-electron chi connectivity index (χ0n) is 11.7. The Bertz CT molecular complexity index is 243. The van der Waals surface area contributed by atoms with Gasteiger partial charge >= 0.3 is 0 Å². The number of aliphatic hydroxyl groups is 1.